The number of nitrogens with zero attached hydrogens (tertiary/aromatic N) is 2. The molecule has 4 rings (SSSR count). The Bertz CT molecular complexity index is 1590. The lowest BCUT2D eigenvalue weighted by Crippen LogP contribution is -2.31. The molecular formula is C29H23F4N3O3S. The van der Waals surface area contributed by atoms with Crippen molar-refractivity contribution >= 4 is 27.7 Å². The van der Waals surface area contributed by atoms with Gasteiger partial charge < -0.3 is 5.32 Å². The van der Waals surface area contributed by atoms with E-state index in [0.717, 1.165) is 28.1 Å². The third kappa shape index (κ3) is 7.39. The molecule has 11 heteroatoms. The van der Waals surface area contributed by atoms with Crippen LogP contribution < -0.4 is 5.32 Å². The molecule has 0 unspecified atom stereocenters. The maximum Gasteiger partial charge on any atom is 0.416 e. The van der Waals surface area contributed by atoms with Crippen molar-refractivity contribution in [1.29, 1.82) is 0 Å². The minimum atomic E-state index is -4.69. The van der Waals surface area contributed by atoms with E-state index >= 15 is 0 Å². The van der Waals surface area contributed by atoms with E-state index in [2.05, 4.69) is 10.3 Å². The molecule has 0 spiro atoms. The monoisotopic (exact) mass is 569 g/mol. The molecule has 0 aliphatic carbocycles. The second kappa shape index (κ2) is 12.2. The van der Waals surface area contributed by atoms with Crippen molar-refractivity contribution in [3.63, 3.8) is 0 Å². The van der Waals surface area contributed by atoms with Crippen LogP contribution in [0.3, 0.4) is 0 Å². The number of amides is 1. The van der Waals surface area contributed by atoms with Gasteiger partial charge in [-0.3, -0.25) is 9.78 Å². The minimum Gasteiger partial charge on any atom is -0.323 e. The highest BCUT2D eigenvalue weighted by molar-refractivity contribution is 7.89. The molecule has 0 saturated carbocycles. The quantitative estimate of drug-likeness (QED) is 0.190. The number of rotatable bonds is 9. The molecule has 1 heterocycles. The number of pyridine rings is 1. The van der Waals surface area contributed by atoms with E-state index in [0.29, 0.717) is 11.3 Å². The molecule has 0 radical (unpaired) electrons. The zero-order chi connectivity index (χ0) is 28.8. The van der Waals surface area contributed by atoms with Gasteiger partial charge in [-0.2, -0.15) is 17.5 Å². The van der Waals surface area contributed by atoms with Gasteiger partial charge in [-0.1, -0.05) is 30.3 Å². The summed E-state index contributed by atoms with van der Waals surface area (Å²) in [6.45, 7) is -0.874. The van der Waals surface area contributed by atoms with Crippen molar-refractivity contribution in [2.24, 2.45) is 0 Å². The van der Waals surface area contributed by atoms with Gasteiger partial charge in [0.25, 0.3) is 0 Å². The number of hydrogen-bond acceptors (Lipinski definition) is 4. The second-order valence-corrected chi connectivity index (χ2v) is 10.6. The first-order valence-electron chi connectivity index (χ1n) is 11.9. The van der Waals surface area contributed by atoms with Gasteiger partial charge in [0.15, 0.2) is 0 Å². The topological polar surface area (TPSA) is 79.4 Å². The second-order valence-electron chi connectivity index (χ2n) is 8.68. The number of nitrogens with one attached hydrogen (secondary N) is 1. The van der Waals surface area contributed by atoms with Crippen molar-refractivity contribution in [1.82, 2.24) is 9.29 Å². The fraction of sp³-hybridized carbons (Fsp3) is 0.103. The molecule has 206 valence electrons. The Morgan fingerprint density at radius 1 is 0.875 bits per heavy atom. The van der Waals surface area contributed by atoms with Crippen LogP contribution in [0.15, 0.2) is 108 Å². The van der Waals surface area contributed by atoms with Crippen molar-refractivity contribution in [2.45, 2.75) is 24.2 Å². The molecule has 1 amide bonds. The third-order valence-corrected chi connectivity index (χ3v) is 7.64. The summed E-state index contributed by atoms with van der Waals surface area (Å²) in [6, 6.07) is 18.4. The lowest BCUT2D eigenvalue weighted by atomic mass is 10.1. The predicted molar refractivity (Wildman–Crippen MR) is 143 cm³/mol. The van der Waals surface area contributed by atoms with Crippen molar-refractivity contribution < 1.29 is 30.8 Å². The summed E-state index contributed by atoms with van der Waals surface area (Å²) in [5, 5.41) is 2.62. The molecule has 0 saturated heterocycles. The lowest BCUT2D eigenvalue weighted by Gasteiger charge is -2.24. The van der Waals surface area contributed by atoms with Crippen LogP contribution in [-0.4, -0.2) is 23.6 Å². The number of hydrogen-bond donors (Lipinski definition) is 1. The first kappa shape index (κ1) is 28.7. The van der Waals surface area contributed by atoms with Crippen LogP contribution in [0.1, 0.15) is 22.3 Å². The number of aromatic nitrogens is 1. The first-order chi connectivity index (χ1) is 19.0. The fourth-order valence-electron chi connectivity index (χ4n) is 3.83. The summed E-state index contributed by atoms with van der Waals surface area (Å²) in [4.78, 5) is 16.0. The van der Waals surface area contributed by atoms with Crippen LogP contribution in [0.4, 0.5) is 23.2 Å². The van der Waals surface area contributed by atoms with Crippen LogP contribution in [0.2, 0.25) is 0 Å². The maximum atomic E-state index is 13.6. The smallest absolute Gasteiger partial charge is 0.323 e. The molecule has 0 fully saturated rings. The van der Waals surface area contributed by atoms with Gasteiger partial charge in [0.05, 0.1) is 10.5 Å². The highest BCUT2D eigenvalue weighted by Gasteiger charge is 2.35. The summed E-state index contributed by atoms with van der Waals surface area (Å²) in [6.07, 6.45) is 1.37. The van der Waals surface area contributed by atoms with Crippen LogP contribution >= 0.6 is 0 Å². The molecule has 1 N–H and O–H groups in total. The molecule has 0 aliphatic rings. The van der Waals surface area contributed by atoms with E-state index < -0.39 is 40.0 Å². The Hall–Kier alpha value is -4.35. The Balaban J connectivity index is 1.58. The lowest BCUT2D eigenvalue weighted by molar-refractivity contribution is -0.138. The van der Waals surface area contributed by atoms with Crippen LogP contribution in [0.25, 0.3) is 6.08 Å². The summed E-state index contributed by atoms with van der Waals surface area (Å²) < 4.78 is 82.5. The van der Waals surface area contributed by atoms with Gasteiger partial charge in [0.2, 0.25) is 15.9 Å². The number of carbonyl (C=O) groups excluding carboxylic acids is 1. The zero-order valence-corrected chi connectivity index (χ0v) is 21.7. The number of halogens is 4. The Morgan fingerprint density at radius 2 is 1.52 bits per heavy atom. The molecule has 0 atom stereocenters. The van der Waals surface area contributed by atoms with Gasteiger partial charge in [0, 0.05) is 37.2 Å². The zero-order valence-electron chi connectivity index (χ0n) is 20.8. The Kier molecular flexibility index (Phi) is 8.76. The molecule has 40 heavy (non-hydrogen) atoms. The van der Waals surface area contributed by atoms with Crippen molar-refractivity contribution in [3.8, 4) is 0 Å². The highest BCUT2D eigenvalue weighted by Crippen LogP contribution is 2.33. The fourth-order valence-corrected chi connectivity index (χ4v) is 5.24. The average molecular weight is 570 g/mol. The van der Waals surface area contributed by atoms with Crippen LogP contribution in [0.5, 0.6) is 0 Å². The van der Waals surface area contributed by atoms with E-state index in [-0.39, 0.29) is 17.0 Å². The first-order valence-corrected chi connectivity index (χ1v) is 13.4. The number of carbonyl (C=O) groups is 1. The normalized spacial score (nSPS) is 12.1. The summed E-state index contributed by atoms with van der Waals surface area (Å²) >= 11 is 0. The Morgan fingerprint density at radius 3 is 2.17 bits per heavy atom. The summed E-state index contributed by atoms with van der Waals surface area (Å²) in [7, 11) is -4.32. The minimum absolute atomic E-state index is 0.190. The molecular weight excluding hydrogens is 546 g/mol. The average Bonchev–Trinajstić information content (AvgIpc) is 2.93. The number of benzene rings is 3. The predicted octanol–water partition coefficient (Wildman–Crippen LogP) is 6.28. The largest absolute Gasteiger partial charge is 0.416 e. The highest BCUT2D eigenvalue weighted by atomic mass is 32.2. The van der Waals surface area contributed by atoms with Gasteiger partial charge in [-0.05, 0) is 77.4 Å². The molecule has 3 aromatic carbocycles. The van der Waals surface area contributed by atoms with E-state index in [9.17, 15) is 30.8 Å². The van der Waals surface area contributed by atoms with E-state index in [1.54, 1.807) is 30.6 Å². The molecule has 0 bridgehead atoms. The SMILES string of the molecule is O=C(/C=C/c1ccncc1)Nc1ccc(S(=O)(=O)N(Cc2ccc(F)cc2)Cc2ccccc2C(F)(F)F)cc1. The number of sulfonamides is 1. The summed E-state index contributed by atoms with van der Waals surface area (Å²) in [5.74, 6) is -0.983. The van der Waals surface area contributed by atoms with Crippen molar-refractivity contribution in [3.05, 3.63) is 131 Å². The van der Waals surface area contributed by atoms with Gasteiger partial charge in [0.1, 0.15) is 5.82 Å². The van der Waals surface area contributed by atoms with E-state index in [1.165, 1.54) is 60.7 Å². The number of alkyl halides is 3. The molecule has 0 aliphatic heterocycles. The van der Waals surface area contributed by atoms with E-state index in [4.69, 9.17) is 0 Å². The van der Waals surface area contributed by atoms with E-state index in [1.807, 2.05) is 0 Å². The number of anilines is 1. The van der Waals surface area contributed by atoms with Crippen LogP contribution in [-0.2, 0) is 34.1 Å². The standard InChI is InChI=1S/C29H23F4N3O3S/c30-24-8-5-22(6-9-24)19-36(20-23-3-1-2-4-27(23)29(31,32)33)40(38,39)26-12-10-25(11-13-26)35-28(37)14-7-21-15-17-34-18-16-21/h1-18H,19-20H2,(H,35,37)/b14-7+. The van der Waals surface area contributed by atoms with Crippen molar-refractivity contribution in [2.75, 3.05) is 5.32 Å². The van der Waals surface area contributed by atoms with Crippen LogP contribution in [0, 0.1) is 5.82 Å². The van der Waals surface area contributed by atoms with Gasteiger partial charge >= 0.3 is 6.18 Å². The van der Waals surface area contributed by atoms with Gasteiger partial charge in [-0.25, -0.2) is 12.8 Å². The molecule has 1 aromatic heterocycles. The Labute approximate surface area is 228 Å². The third-order valence-electron chi connectivity index (χ3n) is 5.83. The maximum absolute atomic E-state index is 13.6. The molecule has 4 aromatic rings. The summed E-state index contributed by atoms with van der Waals surface area (Å²) in [5.41, 5.74) is 0.285. The molecule has 6 nitrogen and oxygen atoms in total. The van der Waals surface area contributed by atoms with Gasteiger partial charge in [-0.15, -0.1) is 0 Å².